The molecule has 2 atom stereocenters. The van der Waals surface area contributed by atoms with Crippen LogP contribution in [0.2, 0.25) is 0 Å². The smallest absolute Gasteiger partial charge is 0.762 e. The first-order valence-corrected chi connectivity index (χ1v) is 15.8. The van der Waals surface area contributed by atoms with E-state index in [-0.39, 0.29) is 12.6 Å². The van der Waals surface area contributed by atoms with Gasteiger partial charge in [0.15, 0.2) is 0 Å². The van der Waals surface area contributed by atoms with Crippen LogP contribution in [0.3, 0.4) is 0 Å². The number of rotatable bonds is 9. The summed E-state index contributed by atoms with van der Waals surface area (Å²) in [4.78, 5) is 5.85. The van der Waals surface area contributed by atoms with E-state index in [1.807, 2.05) is 0 Å². The zero-order valence-electron chi connectivity index (χ0n) is 23.7. The van der Waals surface area contributed by atoms with E-state index in [1.54, 1.807) is 25.7 Å². The standard InChI is InChI=1S/C27H53N2P.BF3.FH/c1-19(2)28(20(3)4)25-26(29(21(5)6)22(7)8)27(25)30(23-15-11-9-12-16-23)24-17-13-10-14-18-24;2-1(3)4;/h19-27H,9-18H2,1-8H3;;1H/p-1. The van der Waals surface area contributed by atoms with E-state index in [9.17, 15) is 12.9 Å². The average Bonchev–Trinajstić information content (AvgIpc) is 3.41. The van der Waals surface area contributed by atoms with E-state index in [0.717, 1.165) is 29.1 Å². The van der Waals surface area contributed by atoms with Crippen molar-refractivity contribution in [3.05, 3.63) is 0 Å². The van der Waals surface area contributed by atoms with Crippen molar-refractivity contribution in [3.63, 3.8) is 0 Å². The Morgan fingerprint density at radius 3 is 1.06 bits per heavy atom. The first kappa shape index (κ1) is 33.2. The van der Waals surface area contributed by atoms with Gasteiger partial charge in [-0.3, -0.25) is 22.7 Å². The van der Waals surface area contributed by atoms with Crippen LogP contribution in [0.5, 0.6) is 0 Å². The summed E-state index contributed by atoms with van der Waals surface area (Å²) >= 11 is 0. The van der Waals surface area contributed by atoms with E-state index in [2.05, 4.69) is 65.2 Å². The Hall–Kier alpha value is 0.135. The molecule has 3 aliphatic rings. The second-order valence-corrected chi connectivity index (χ2v) is 15.0. The first-order valence-electron chi connectivity index (χ1n) is 14.2. The Morgan fingerprint density at radius 2 is 0.829 bits per heavy atom. The Morgan fingerprint density at radius 1 is 0.571 bits per heavy atom. The Labute approximate surface area is 215 Å². The molecule has 208 valence electrons. The van der Waals surface area contributed by atoms with Gasteiger partial charge in [-0.1, -0.05) is 46.4 Å². The molecular weight excluding hydrogens is 470 g/mol. The molecule has 2 nitrogen and oxygen atoms in total. The maximum Gasteiger partial charge on any atom is 0.762 e. The van der Waals surface area contributed by atoms with E-state index in [4.69, 9.17) is 0 Å². The van der Waals surface area contributed by atoms with Crippen LogP contribution in [0.4, 0.5) is 12.9 Å². The number of halogens is 4. The third-order valence-corrected chi connectivity index (χ3v) is 12.3. The zero-order valence-corrected chi connectivity index (χ0v) is 24.6. The summed E-state index contributed by atoms with van der Waals surface area (Å²) in [7, 11) is -3.54. The van der Waals surface area contributed by atoms with Crippen LogP contribution in [-0.4, -0.2) is 70.6 Å². The summed E-state index contributed by atoms with van der Waals surface area (Å²) in [5, 5.41) is 0. The molecule has 0 aromatic rings. The van der Waals surface area contributed by atoms with Crippen molar-refractivity contribution in [2.24, 2.45) is 0 Å². The van der Waals surface area contributed by atoms with Gasteiger partial charge in [-0.05, 0) is 92.4 Å². The molecule has 0 heterocycles. The Bertz CT molecular complexity index is 507. The summed E-state index contributed by atoms with van der Waals surface area (Å²) in [5.74, 6) is 0. The molecule has 0 aromatic carbocycles. The molecule has 3 rings (SSSR count). The van der Waals surface area contributed by atoms with Gasteiger partial charge in [-0.25, -0.2) is 0 Å². The summed E-state index contributed by atoms with van der Waals surface area (Å²) in [5.41, 5.74) is 3.09. The molecule has 8 heteroatoms. The van der Waals surface area contributed by atoms with E-state index in [1.165, 1.54) is 38.5 Å². The van der Waals surface area contributed by atoms with E-state index < -0.39 is 7.54 Å². The molecule has 0 amide bonds. The van der Waals surface area contributed by atoms with Crippen LogP contribution in [0.15, 0.2) is 0 Å². The summed E-state index contributed by atoms with van der Waals surface area (Å²) in [6.45, 7) is 19.6. The quantitative estimate of drug-likeness (QED) is 0.228. The lowest BCUT2D eigenvalue weighted by molar-refractivity contribution is -0.0000115. The van der Waals surface area contributed by atoms with Crippen molar-refractivity contribution in [1.82, 2.24) is 9.80 Å². The van der Waals surface area contributed by atoms with Crippen molar-refractivity contribution in [1.29, 1.82) is 0 Å². The highest BCUT2D eigenvalue weighted by Gasteiger charge is 2.62. The SMILES string of the molecule is CC(C)N(C(C)C)C1C(N(C(C)C)C(C)C)C1P(C1CCCCC1)C1CCCCC1.FB(F)F.[F-]. The summed E-state index contributed by atoms with van der Waals surface area (Å²) < 4.78 is 29.0. The highest BCUT2D eigenvalue weighted by atomic mass is 31.1. The normalized spacial score (nSPS) is 26.1. The molecule has 0 radical (unpaired) electrons. The molecule has 0 aromatic heterocycles. The molecule has 35 heavy (non-hydrogen) atoms. The third kappa shape index (κ3) is 9.13. The number of hydrogen-bond donors (Lipinski definition) is 0. The van der Waals surface area contributed by atoms with Gasteiger partial charge in [0.2, 0.25) is 0 Å². The highest BCUT2D eigenvalue weighted by Crippen LogP contribution is 2.67. The number of hydrogen-bond acceptors (Lipinski definition) is 2. The van der Waals surface area contributed by atoms with Crippen LogP contribution >= 0.6 is 7.92 Å². The van der Waals surface area contributed by atoms with Crippen molar-refractivity contribution in [3.8, 4) is 0 Å². The minimum absolute atomic E-state index is 0. The summed E-state index contributed by atoms with van der Waals surface area (Å²) in [6.07, 6.45) is 15.2. The van der Waals surface area contributed by atoms with Gasteiger partial charge in [0, 0.05) is 41.9 Å². The lowest BCUT2D eigenvalue weighted by atomic mass is 9.99. The molecule has 0 saturated heterocycles. The van der Waals surface area contributed by atoms with Gasteiger partial charge in [-0.2, -0.15) is 0 Å². The van der Waals surface area contributed by atoms with Crippen LogP contribution in [0.1, 0.15) is 120 Å². The molecule has 0 N–H and O–H groups in total. The topological polar surface area (TPSA) is 6.48 Å². The number of nitrogens with zero attached hydrogens (tertiary/aromatic N) is 2. The van der Waals surface area contributed by atoms with Gasteiger partial charge < -0.3 is 4.70 Å². The minimum Gasteiger partial charge on any atom is -1.00 e. The molecular formula is C27H53BF4N2P-. The molecule has 0 aliphatic heterocycles. The lowest BCUT2D eigenvalue weighted by Gasteiger charge is -2.41. The van der Waals surface area contributed by atoms with Gasteiger partial charge >= 0.3 is 7.54 Å². The monoisotopic (exact) mass is 523 g/mol. The largest absolute Gasteiger partial charge is 1.00 e. The average molecular weight is 524 g/mol. The van der Waals surface area contributed by atoms with Gasteiger partial charge in [0.25, 0.3) is 0 Å². The molecule has 0 spiro atoms. The minimum atomic E-state index is -3.67. The maximum absolute atomic E-state index is 9.67. The molecule has 3 aliphatic carbocycles. The Balaban J connectivity index is 0.00000114. The second kappa shape index (κ2) is 15.5. The van der Waals surface area contributed by atoms with Crippen LogP contribution in [0, 0.1) is 0 Å². The fourth-order valence-corrected chi connectivity index (χ4v) is 12.2. The fraction of sp³-hybridized carbons (Fsp3) is 1.00. The fourth-order valence-electron chi connectivity index (χ4n) is 7.44. The first-order chi connectivity index (χ1) is 16.0. The van der Waals surface area contributed by atoms with Crippen molar-refractivity contribution >= 4 is 15.5 Å². The van der Waals surface area contributed by atoms with Gasteiger partial charge in [-0.15, -0.1) is 0 Å². The van der Waals surface area contributed by atoms with Gasteiger partial charge in [0.05, 0.1) is 0 Å². The predicted molar refractivity (Wildman–Crippen MR) is 145 cm³/mol. The zero-order chi connectivity index (χ0) is 25.6. The predicted octanol–water partition coefficient (Wildman–Crippen LogP) is 5.37. The molecule has 3 fully saturated rings. The third-order valence-electron chi connectivity index (χ3n) is 8.32. The second-order valence-electron chi connectivity index (χ2n) is 12.0. The van der Waals surface area contributed by atoms with Crippen LogP contribution in [-0.2, 0) is 0 Å². The maximum atomic E-state index is 9.67. The van der Waals surface area contributed by atoms with E-state index in [0.29, 0.717) is 24.2 Å². The van der Waals surface area contributed by atoms with Crippen molar-refractivity contribution < 1.29 is 17.7 Å². The lowest BCUT2D eigenvalue weighted by Crippen LogP contribution is -3.00. The summed E-state index contributed by atoms with van der Waals surface area (Å²) in [6, 6.07) is 4.20. The van der Waals surface area contributed by atoms with Crippen LogP contribution < -0.4 is 4.70 Å². The van der Waals surface area contributed by atoms with E-state index >= 15 is 0 Å². The molecule has 3 saturated carbocycles. The molecule has 2 unspecified atom stereocenters. The van der Waals surface area contributed by atoms with Crippen LogP contribution in [0.25, 0.3) is 0 Å². The molecule has 0 bridgehead atoms. The van der Waals surface area contributed by atoms with Crippen molar-refractivity contribution in [2.75, 3.05) is 0 Å². The Kier molecular flexibility index (Phi) is 14.7. The van der Waals surface area contributed by atoms with Gasteiger partial charge in [0.1, 0.15) is 0 Å². The van der Waals surface area contributed by atoms with Crippen molar-refractivity contribution in [2.45, 2.75) is 173 Å². The highest BCUT2D eigenvalue weighted by molar-refractivity contribution is 7.60.